The molecular weight excluding hydrogens is 297 g/mol. The summed E-state index contributed by atoms with van der Waals surface area (Å²) in [5.41, 5.74) is 0.747. The lowest BCUT2D eigenvalue weighted by atomic mass is 9.83. The third-order valence-electron chi connectivity index (χ3n) is 3.54. The summed E-state index contributed by atoms with van der Waals surface area (Å²) in [5.74, 6) is 0. The molecule has 1 fully saturated rings. The Morgan fingerprint density at radius 3 is 2.85 bits per heavy atom. The van der Waals surface area contributed by atoms with Crippen LogP contribution in [-0.4, -0.2) is 25.7 Å². The summed E-state index contributed by atoms with van der Waals surface area (Å²) in [5, 5.41) is 9.92. The Kier molecular flexibility index (Phi) is 5.13. The van der Waals surface area contributed by atoms with E-state index < -0.39 is 0 Å². The first-order valence-electron chi connectivity index (χ1n) is 6.69. The molecule has 3 N–H and O–H groups in total. The molecule has 6 heteroatoms. The van der Waals surface area contributed by atoms with Crippen molar-refractivity contribution in [1.29, 1.82) is 0 Å². The molecule has 1 saturated heterocycles. The number of carbonyl (C=O) groups is 1. The van der Waals surface area contributed by atoms with Crippen molar-refractivity contribution in [2.45, 2.75) is 19.8 Å². The van der Waals surface area contributed by atoms with Crippen LogP contribution < -0.4 is 16.0 Å². The van der Waals surface area contributed by atoms with Crippen LogP contribution in [-0.2, 0) is 0 Å². The van der Waals surface area contributed by atoms with Gasteiger partial charge in [-0.25, -0.2) is 4.79 Å². The first-order valence-corrected chi connectivity index (χ1v) is 7.45. The third kappa shape index (κ3) is 4.27. The Labute approximate surface area is 129 Å². The number of carbonyl (C=O) groups excluding carboxylic acids is 1. The second-order valence-electron chi connectivity index (χ2n) is 5.53. The van der Waals surface area contributed by atoms with Crippen LogP contribution in [0.3, 0.4) is 0 Å². The molecule has 0 aromatic heterocycles. The summed E-state index contributed by atoms with van der Waals surface area (Å²) in [6, 6.07) is 4.78. The van der Waals surface area contributed by atoms with Gasteiger partial charge < -0.3 is 16.0 Å². The molecule has 2 rings (SSSR count). The van der Waals surface area contributed by atoms with Gasteiger partial charge in [0.1, 0.15) is 0 Å². The Morgan fingerprint density at radius 1 is 1.40 bits per heavy atom. The number of benzene rings is 1. The van der Waals surface area contributed by atoms with Gasteiger partial charge in [0, 0.05) is 18.8 Å². The minimum Gasteiger partial charge on any atom is -0.337 e. The number of piperidine rings is 1. The van der Waals surface area contributed by atoms with E-state index in [2.05, 4.69) is 22.9 Å². The van der Waals surface area contributed by atoms with Gasteiger partial charge in [-0.3, -0.25) is 0 Å². The number of anilines is 1. The highest BCUT2D eigenvalue weighted by Crippen LogP contribution is 2.26. The molecule has 0 spiro atoms. The fourth-order valence-electron chi connectivity index (χ4n) is 2.31. The fourth-order valence-corrected chi connectivity index (χ4v) is 2.61. The summed E-state index contributed by atoms with van der Waals surface area (Å²) in [4.78, 5) is 11.9. The van der Waals surface area contributed by atoms with Gasteiger partial charge in [-0.15, -0.1) is 0 Å². The van der Waals surface area contributed by atoms with Crippen LogP contribution in [0, 0.1) is 5.41 Å². The van der Waals surface area contributed by atoms with E-state index in [0.29, 0.717) is 22.3 Å². The molecule has 1 atom stereocenters. The average molecular weight is 316 g/mol. The third-order valence-corrected chi connectivity index (χ3v) is 4.28. The van der Waals surface area contributed by atoms with Crippen LogP contribution in [0.4, 0.5) is 10.5 Å². The molecule has 20 heavy (non-hydrogen) atoms. The van der Waals surface area contributed by atoms with Gasteiger partial charge in [-0.1, -0.05) is 30.1 Å². The summed E-state index contributed by atoms with van der Waals surface area (Å²) < 4.78 is 0. The van der Waals surface area contributed by atoms with Crippen LogP contribution in [0.1, 0.15) is 19.8 Å². The van der Waals surface area contributed by atoms with Crippen molar-refractivity contribution in [3.05, 3.63) is 28.2 Å². The smallest absolute Gasteiger partial charge is 0.319 e. The second-order valence-corrected chi connectivity index (χ2v) is 6.34. The largest absolute Gasteiger partial charge is 0.337 e. The molecule has 1 aliphatic heterocycles. The number of nitrogens with one attached hydrogen (secondary N) is 3. The van der Waals surface area contributed by atoms with Crippen molar-refractivity contribution >= 4 is 34.9 Å². The maximum atomic E-state index is 11.9. The molecule has 4 nitrogen and oxygen atoms in total. The number of rotatable bonds is 3. The Balaban J connectivity index is 1.84. The molecule has 0 bridgehead atoms. The van der Waals surface area contributed by atoms with E-state index in [1.807, 2.05) is 0 Å². The number of urea groups is 1. The van der Waals surface area contributed by atoms with Crippen LogP contribution >= 0.6 is 23.2 Å². The maximum Gasteiger partial charge on any atom is 0.319 e. The predicted molar refractivity (Wildman–Crippen MR) is 83.7 cm³/mol. The molecule has 1 unspecified atom stereocenters. The average Bonchev–Trinajstić information content (AvgIpc) is 2.42. The van der Waals surface area contributed by atoms with E-state index in [-0.39, 0.29) is 11.4 Å². The standard InChI is InChI=1S/C14H19Cl2N3O/c1-14(5-2-6-17-8-14)9-18-13(20)19-10-3-4-11(15)12(16)7-10/h3-4,7,17H,2,5-6,8-9H2,1H3,(H2,18,19,20). The summed E-state index contributed by atoms with van der Waals surface area (Å²) in [6.45, 7) is 4.82. The number of halogens is 2. The fraction of sp³-hybridized carbons (Fsp3) is 0.500. The SMILES string of the molecule is CC1(CNC(=O)Nc2ccc(Cl)c(Cl)c2)CCCNC1. The zero-order valence-electron chi connectivity index (χ0n) is 11.4. The monoisotopic (exact) mass is 315 g/mol. The highest BCUT2D eigenvalue weighted by Gasteiger charge is 2.26. The van der Waals surface area contributed by atoms with Gasteiger partial charge in [0.15, 0.2) is 0 Å². The molecule has 0 aliphatic carbocycles. The topological polar surface area (TPSA) is 53.2 Å². The van der Waals surface area contributed by atoms with Crippen molar-refractivity contribution in [2.75, 3.05) is 25.0 Å². The van der Waals surface area contributed by atoms with Gasteiger partial charge in [0.25, 0.3) is 0 Å². The molecule has 110 valence electrons. The number of hydrogen-bond donors (Lipinski definition) is 3. The van der Waals surface area contributed by atoms with E-state index in [4.69, 9.17) is 23.2 Å². The molecule has 0 saturated carbocycles. The van der Waals surface area contributed by atoms with E-state index in [9.17, 15) is 4.79 Å². The van der Waals surface area contributed by atoms with Crippen LogP contribution in [0.15, 0.2) is 18.2 Å². The van der Waals surface area contributed by atoms with Crippen molar-refractivity contribution in [1.82, 2.24) is 10.6 Å². The zero-order valence-corrected chi connectivity index (χ0v) is 12.9. The van der Waals surface area contributed by atoms with Gasteiger partial charge >= 0.3 is 6.03 Å². The van der Waals surface area contributed by atoms with Crippen LogP contribution in [0.5, 0.6) is 0 Å². The first kappa shape index (κ1) is 15.4. The normalized spacial score (nSPS) is 22.4. The summed E-state index contributed by atoms with van der Waals surface area (Å²) >= 11 is 11.7. The Hall–Kier alpha value is -0.970. The molecule has 2 amide bonds. The number of hydrogen-bond acceptors (Lipinski definition) is 2. The van der Waals surface area contributed by atoms with Crippen molar-refractivity contribution in [3.63, 3.8) is 0 Å². The molecular formula is C14H19Cl2N3O. The van der Waals surface area contributed by atoms with Crippen LogP contribution in [0.25, 0.3) is 0 Å². The summed E-state index contributed by atoms with van der Waals surface area (Å²) in [6.07, 6.45) is 2.26. The van der Waals surface area contributed by atoms with E-state index in [1.54, 1.807) is 18.2 Å². The lowest BCUT2D eigenvalue weighted by Gasteiger charge is -2.34. The lowest BCUT2D eigenvalue weighted by molar-refractivity contribution is 0.217. The van der Waals surface area contributed by atoms with Gasteiger partial charge in [-0.05, 0) is 43.0 Å². The molecule has 1 aliphatic rings. The van der Waals surface area contributed by atoms with E-state index >= 15 is 0 Å². The maximum absolute atomic E-state index is 11.9. The zero-order chi connectivity index (χ0) is 14.6. The Bertz CT molecular complexity index is 487. The van der Waals surface area contributed by atoms with Gasteiger partial charge in [0.05, 0.1) is 10.0 Å². The van der Waals surface area contributed by atoms with Crippen molar-refractivity contribution in [3.8, 4) is 0 Å². The number of amides is 2. The van der Waals surface area contributed by atoms with Gasteiger partial charge in [0.2, 0.25) is 0 Å². The second kappa shape index (κ2) is 6.66. The highest BCUT2D eigenvalue weighted by molar-refractivity contribution is 6.42. The molecule has 1 aromatic rings. The lowest BCUT2D eigenvalue weighted by Crippen LogP contribution is -2.46. The van der Waals surface area contributed by atoms with Crippen molar-refractivity contribution < 1.29 is 4.79 Å². The van der Waals surface area contributed by atoms with Gasteiger partial charge in [-0.2, -0.15) is 0 Å². The minimum absolute atomic E-state index is 0.118. The molecule has 0 radical (unpaired) electrons. The Morgan fingerprint density at radius 2 is 2.20 bits per heavy atom. The van der Waals surface area contributed by atoms with E-state index in [0.717, 1.165) is 25.9 Å². The minimum atomic E-state index is -0.227. The molecule has 1 heterocycles. The highest BCUT2D eigenvalue weighted by atomic mass is 35.5. The molecule has 1 aromatic carbocycles. The van der Waals surface area contributed by atoms with Crippen molar-refractivity contribution in [2.24, 2.45) is 5.41 Å². The summed E-state index contributed by atoms with van der Waals surface area (Å²) in [7, 11) is 0. The van der Waals surface area contributed by atoms with Crippen LogP contribution in [0.2, 0.25) is 10.0 Å². The predicted octanol–water partition coefficient (Wildman–Crippen LogP) is 3.50. The quantitative estimate of drug-likeness (QED) is 0.799. The first-order chi connectivity index (χ1) is 9.48. The van der Waals surface area contributed by atoms with E-state index in [1.165, 1.54) is 0 Å².